The molecule has 67 heavy (non-hydrogen) atoms. The maximum atomic E-state index is 12.8. The number of unbranched alkanes of at least 4 members (excludes halogenated alkanes) is 37. The van der Waals surface area contributed by atoms with Gasteiger partial charge in [0.25, 0.3) is 0 Å². The molecule has 0 rings (SSSR count). The maximum absolute atomic E-state index is 12.8. The summed E-state index contributed by atoms with van der Waals surface area (Å²) in [7, 11) is 0. The lowest BCUT2D eigenvalue weighted by Gasteiger charge is -2.18. The average Bonchev–Trinajstić information content (AvgIpc) is 3.33. The molecule has 0 aromatic carbocycles. The average molecular weight is 942 g/mol. The number of carbonyl (C=O) groups excluding carboxylic acids is 3. The fraction of sp³-hybridized carbons (Fsp3) is 0.852. The van der Waals surface area contributed by atoms with Gasteiger partial charge in [0.2, 0.25) is 0 Å². The van der Waals surface area contributed by atoms with Crippen LogP contribution in [-0.4, -0.2) is 37.2 Å². The van der Waals surface area contributed by atoms with Crippen molar-refractivity contribution in [1.82, 2.24) is 0 Å². The van der Waals surface area contributed by atoms with E-state index in [1.807, 2.05) is 0 Å². The summed E-state index contributed by atoms with van der Waals surface area (Å²) in [4.78, 5) is 38.0. The molecule has 1 atom stereocenters. The molecule has 1 unspecified atom stereocenters. The molecule has 6 heteroatoms. The van der Waals surface area contributed by atoms with E-state index >= 15 is 0 Å². The van der Waals surface area contributed by atoms with Crippen LogP contribution in [0.2, 0.25) is 0 Å². The van der Waals surface area contributed by atoms with Crippen LogP contribution in [0.1, 0.15) is 316 Å². The van der Waals surface area contributed by atoms with Gasteiger partial charge in [0.15, 0.2) is 6.10 Å². The van der Waals surface area contributed by atoms with Gasteiger partial charge in [-0.25, -0.2) is 0 Å². The highest BCUT2D eigenvalue weighted by Gasteiger charge is 2.19. The van der Waals surface area contributed by atoms with Gasteiger partial charge >= 0.3 is 17.9 Å². The lowest BCUT2D eigenvalue weighted by atomic mass is 10.0. The van der Waals surface area contributed by atoms with E-state index in [0.717, 1.165) is 70.6 Å². The minimum Gasteiger partial charge on any atom is -0.462 e. The van der Waals surface area contributed by atoms with Crippen molar-refractivity contribution in [2.75, 3.05) is 13.2 Å². The molecule has 0 saturated heterocycles. The smallest absolute Gasteiger partial charge is 0.306 e. The molecule has 392 valence electrons. The summed E-state index contributed by atoms with van der Waals surface area (Å²) in [6.45, 7) is 6.62. The van der Waals surface area contributed by atoms with E-state index < -0.39 is 6.10 Å². The summed E-state index contributed by atoms with van der Waals surface area (Å²) in [5.41, 5.74) is 0. The van der Waals surface area contributed by atoms with Crippen LogP contribution in [0.3, 0.4) is 0 Å². The molecule has 6 nitrogen and oxygen atoms in total. The van der Waals surface area contributed by atoms with Crippen LogP contribution in [0.15, 0.2) is 36.5 Å². The summed E-state index contributed by atoms with van der Waals surface area (Å²) >= 11 is 0. The van der Waals surface area contributed by atoms with Gasteiger partial charge in [-0.3, -0.25) is 14.4 Å². The second kappa shape index (κ2) is 56.2. The van der Waals surface area contributed by atoms with Crippen molar-refractivity contribution in [2.24, 2.45) is 0 Å². The Labute approximate surface area is 416 Å². The van der Waals surface area contributed by atoms with Gasteiger partial charge in [0.05, 0.1) is 0 Å². The normalized spacial score (nSPS) is 12.2. The molecule has 0 N–H and O–H groups in total. The summed E-state index contributed by atoms with van der Waals surface area (Å²) in [5.74, 6) is -0.862. The van der Waals surface area contributed by atoms with E-state index in [1.54, 1.807) is 0 Å². The van der Waals surface area contributed by atoms with E-state index in [-0.39, 0.29) is 31.1 Å². The van der Waals surface area contributed by atoms with Crippen LogP contribution >= 0.6 is 0 Å². The van der Waals surface area contributed by atoms with E-state index in [2.05, 4.69) is 57.2 Å². The first-order valence-electron chi connectivity index (χ1n) is 29.5. The summed E-state index contributed by atoms with van der Waals surface area (Å²) in [5, 5.41) is 0. The molecular formula is C61H112O6. The Morgan fingerprint density at radius 3 is 0.836 bits per heavy atom. The molecule has 0 amide bonds. The number of allylic oxidation sites excluding steroid dienone is 6. The third kappa shape index (κ3) is 54.4. The van der Waals surface area contributed by atoms with Crippen molar-refractivity contribution in [3.05, 3.63) is 36.5 Å². The highest BCUT2D eigenvalue weighted by atomic mass is 16.6. The molecular weight excluding hydrogens is 829 g/mol. The number of carbonyl (C=O) groups is 3. The second-order valence-corrected chi connectivity index (χ2v) is 19.9. The molecule has 0 saturated carbocycles. The van der Waals surface area contributed by atoms with Crippen LogP contribution < -0.4 is 0 Å². The van der Waals surface area contributed by atoms with Gasteiger partial charge in [0, 0.05) is 19.3 Å². The predicted molar refractivity (Wildman–Crippen MR) is 289 cm³/mol. The Morgan fingerprint density at radius 2 is 0.537 bits per heavy atom. The van der Waals surface area contributed by atoms with Crippen LogP contribution in [0, 0.1) is 0 Å². The van der Waals surface area contributed by atoms with Crippen LogP contribution in [0.5, 0.6) is 0 Å². The Hall–Kier alpha value is -2.37. The van der Waals surface area contributed by atoms with Crippen LogP contribution in [-0.2, 0) is 28.6 Å². The predicted octanol–water partition coefficient (Wildman–Crippen LogP) is 19.7. The standard InChI is InChI=1S/C61H112O6/c1-4-7-10-13-16-18-20-22-24-26-27-28-29-30-31-32-33-35-36-38-40-42-45-48-51-54-60(63)66-57-58(56-65-59(62)53-50-47-44-15-12-9-6-3)67-61(64)55-52-49-46-43-41-39-37-34-25-23-21-19-17-14-11-8-5-2/h20,22,26-27,29-30,58H,4-19,21,23-25,28,31-57H2,1-3H3/b22-20-,27-26-,30-29-. The first kappa shape index (κ1) is 64.6. The monoisotopic (exact) mass is 941 g/mol. The lowest BCUT2D eigenvalue weighted by Crippen LogP contribution is -2.30. The zero-order valence-electron chi connectivity index (χ0n) is 44.9. The number of hydrogen-bond acceptors (Lipinski definition) is 6. The van der Waals surface area contributed by atoms with Gasteiger partial charge < -0.3 is 14.2 Å². The Balaban J connectivity index is 4.13. The van der Waals surface area contributed by atoms with Gasteiger partial charge in [-0.15, -0.1) is 0 Å². The third-order valence-corrected chi connectivity index (χ3v) is 13.1. The lowest BCUT2D eigenvalue weighted by molar-refractivity contribution is -0.167. The van der Waals surface area contributed by atoms with Crippen molar-refractivity contribution in [3.63, 3.8) is 0 Å². The minimum absolute atomic E-state index is 0.0694. The molecule has 0 bridgehead atoms. The highest BCUT2D eigenvalue weighted by Crippen LogP contribution is 2.17. The van der Waals surface area contributed by atoms with Gasteiger partial charge in [0.1, 0.15) is 13.2 Å². The van der Waals surface area contributed by atoms with Crippen molar-refractivity contribution in [3.8, 4) is 0 Å². The largest absolute Gasteiger partial charge is 0.462 e. The highest BCUT2D eigenvalue weighted by molar-refractivity contribution is 5.71. The summed E-state index contributed by atoms with van der Waals surface area (Å²) in [6.07, 6.45) is 67.3. The quantitative estimate of drug-likeness (QED) is 0.0262. The van der Waals surface area contributed by atoms with Gasteiger partial charge in [-0.05, 0) is 57.8 Å². The summed E-state index contributed by atoms with van der Waals surface area (Å²) in [6, 6.07) is 0. The molecule has 0 aromatic heterocycles. The van der Waals surface area contributed by atoms with Crippen molar-refractivity contribution < 1.29 is 28.6 Å². The topological polar surface area (TPSA) is 78.9 Å². The Morgan fingerprint density at radius 1 is 0.299 bits per heavy atom. The molecule has 0 aliphatic heterocycles. The molecule has 0 radical (unpaired) electrons. The van der Waals surface area contributed by atoms with E-state index in [9.17, 15) is 14.4 Å². The second-order valence-electron chi connectivity index (χ2n) is 19.9. The fourth-order valence-electron chi connectivity index (χ4n) is 8.69. The first-order chi connectivity index (χ1) is 33.0. The maximum Gasteiger partial charge on any atom is 0.306 e. The van der Waals surface area contributed by atoms with E-state index in [1.165, 1.54) is 205 Å². The molecule has 0 spiro atoms. The van der Waals surface area contributed by atoms with Gasteiger partial charge in [-0.2, -0.15) is 0 Å². The first-order valence-corrected chi connectivity index (χ1v) is 29.5. The Bertz CT molecular complexity index is 1130. The molecule has 0 heterocycles. The number of ether oxygens (including phenoxy) is 3. The molecule has 0 aliphatic rings. The summed E-state index contributed by atoms with van der Waals surface area (Å²) < 4.78 is 16.8. The molecule has 0 aromatic rings. The minimum atomic E-state index is -0.767. The van der Waals surface area contributed by atoms with E-state index in [0.29, 0.717) is 19.3 Å². The van der Waals surface area contributed by atoms with Crippen molar-refractivity contribution in [2.45, 2.75) is 322 Å². The van der Waals surface area contributed by atoms with Crippen molar-refractivity contribution in [1.29, 1.82) is 0 Å². The molecule has 0 aliphatic carbocycles. The molecule has 0 fully saturated rings. The van der Waals surface area contributed by atoms with Crippen LogP contribution in [0.25, 0.3) is 0 Å². The zero-order valence-corrected chi connectivity index (χ0v) is 44.9. The fourth-order valence-corrected chi connectivity index (χ4v) is 8.69. The van der Waals surface area contributed by atoms with Crippen molar-refractivity contribution >= 4 is 17.9 Å². The third-order valence-electron chi connectivity index (χ3n) is 13.1. The number of hydrogen-bond donors (Lipinski definition) is 0. The Kier molecular flexibility index (Phi) is 54.2. The van der Waals surface area contributed by atoms with Gasteiger partial charge in [-0.1, -0.05) is 276 Å². The zero-order chi connectivity index (χ0) is 48.6. The number of rotatable bonds is 54. The number of esters is 3. The van der Waals surface area contributed by atoms with Crippen LogP contribution in [0.4, 0.5) is 0 Å². The van der Waals surface area contributed by atoms with E-state index in [4.69, 9.17) is 14.2 Å². The SMILES string of the molecule is CCCCCCC/C=C\C/C=C\C/C=C\CCCCCCCCCCCCC(=O)OCC(COC(=O)CCCCCCCCC)OC(=O)CCCCCCCCCCCCCCCCCCC.